The summed E-state index contributed by atoms with van der Waals surface area (Å²) in [5.74, 6) is -0.254. The van der Waals surface area contributed by atoms with E-state index in [1.54, 1.807) is 11.0 Å². The van der Waals surface area contributed by atoms with Crippen molar-refractivity contribution in [1.82, 2.24) is 10.2 Å². The molecule has 0 spiro atoms. The van der Waals surface area contributed by atoms with Crippen molar-refractivity contribution in [1.29, 1.82) is 0 Å². The van der Waals surface area contributed by atoms with Gasteiger partial charge in [0.25, 0.3) is 0 Å². The minimum Gasteiger partial charge on any atom is -0.350 e. The van der Waals surface area contributed by atoms with Crippen LogP contribution in [0.15, 0.2) is 48.5 Å². The van der Waals surface area contributed by atoms with Crippen molar-refractivity contribution in [3.05, 3.63) is 70.2 Å². The van der Waals surface area contributed by atoms with E-state index in [1.165, 1.54) is 0 Å². The Hall–Kier alpha value is -2.33. The number of carbonyl (C=O) groups is 2. The van der Waals surface area contributed by atoms with E-state index in [0.717, 1.165) is 16.7 Å². The zero-order valence-electron chi connectivity index (χ0n) is 18.0. The molecule has 0 saturated heterocycles. The fraction of sp³-hybridized carbons (Fsp3) is 0.417. The summed E-state index contributed by atoms with van der Waals surface area (Å²) in [6.07, 6.45) is 0.687. The van der Waals surface area contributed by atoms with Gasteiger partial charge in [0.15, 0.2) is 0 Å². The first-order chi connectivity index (χ1) is 13.6. The van der Waals surface area contributed by atoms with Crippen molar-refractivity contribution in [2.75, 3.05) is 0 Å². The van der Waals surface area contributed by atoms with Crippen LogP contribution in [0.3, 0.4) is 0 Å². The van der Waals surface area contributed by atoms with Gasteiger partial charge in [-0.2, -0.15) is 0 Å². The highest BCUT2D eigenvalue weighted by Gasteiger charge is 2.30. The molecule has 2 aromatic carbocycles. The molecule has 2 rings (SSSR count). The predicted octanol–water partition coefficient (Wildman–Crippen LogP) is 4.91. The van der Waals surface area contributed by atoms with Crippen molar-refractivity contribution in [2.24, 2.45) is 0 Å². The third-order valence-corrected chi connectivity index (χ3v) is 4.99. The number of hydrogen-bond acceptors (Lipinski definition) is 2. The van der Waals surface area contributed by atoms with Gasteiger partial charge in [0, 0.05) is 17.1 Å². The Morgan fingerprint density at radius 3 is 2.38 bits per heavy atom. The Bertz CT molecular complexity index is 858. The zero-order chi connectivity index (χ0) is 21.6. The van der Waals surface area contributed by atoms with Crippen LogP contribution in [0.5, 0.6) is 0 Å². The van der Waals surface area contributed by atoms with Crippen LogP contribution >= 0.6 is 11.6 Å². The molecule has 4 nitrogen and oxygen atoms in total. The lowest BCUT2D eigenvalue weighted by atomic mass is 10.0. The molecule has 1 N–H and O–H groups in total. The number of nitrogens with one attached hydrogen (secondary N) is 1. The number of amides is 2. The third kappa shape index (κ3) is 6.90. The van der Waals surface area contributed by atoms with Gasteiger partial charge >= 0.3 is 0 Å². The number of nitrogens with zero attached hydrogens (tertiary/aromatic N) is 1. The van der Waals surface area contributed by atoms with Gasteiger partial charge in [-0.3, -0.25) is 9.59 Å². The lowest BCUT2D eigenvalue weighted by Gasteiger charge is -2.33. The highest BCUT2D eigenvalue weighted by Crippen LogP contribution is 2.20. The summed E-state index contributed by atoms with van der Waals surface area (Å²) < 4.78 is 0. The Labute approximate surface area is 179 Å². The normalized spacial score (nSPS) is 12.3. The van der Waals surface area contributed by atoms with E-state index in [4.69, 9.17) is 11.6 Å². The third-order valence-electron chi connectivity index (χ3n) is 4.62. The first-order valence-corrected chi connectivity index (χ1v) is 10.4. The van der Waals surface area contributed by atoms with Crippen molar-refractivity contribution in [2.45, 2.75) is 65.6 Å². The standard InChI is InChI=1S/C24H31ClN2O2/c1-6-21(23(29)26-24(3,4)5)27(16-18-11-9-10-17(2)14-18)22(28)15-19-12-7-8-13-20(19)25/h7-14,21H,6,15-16H2,1-5H3,(H,26,29)/t21-/m0/s1. The molecule has 0 fully saturated rings. The van der Waals surface area contributed by atoms with Crippen molar-refractivity contribution >= 4 is 23.4 Å². The Morgan fingerprint density at radius 1 is 1.10 bits per heavy atom. The molecular weight excluding hydrogens is 384 g/mol. The Balaban J connectivity index is 2.34. The summed E-state index contributed by atoms with van der Waals surface area (Å²) in [4.78, 5) is 28.0. The molecular formula is C24H31ClN2O2. The SMILES string of the molecule is CC[C@@H](C(=O)NC(C)(C)C)N(Cc1cccc(C)c1)C(=O)Cc1ccccc1Cl. The van der Waals surface area contributed by atoms with Crippen LogP contribution in [-0.2, 0) is 22.6 Å². The second-order valence-corrected chi connectivity index (χ2v) is 8.85. The number of benzene rings is 2. The monoisotopic (exact) mass is 414 g/mol. The van der Waals surface area contributed by atoms with Crippen molar-refractivity contribution in [3.63, 3.8) is 0 Å². The van der Waals surface area contributed by atoms with E-state index < -0.39 is 6.04 Å². The maximum atomic E-state index is 13.3. The van der Waals surface area contributed by atoms with Gasteiger partial charge in [-0.25, -0.2) is 0 Å². The van der Waals surface area contributed by atoms with Gasteiger partial charge in [0.2, 0.25) is 11.8 Å². The molecule has 2 aromatic rings. The highest BCUT2D eigenvalue weighted by atomic mass is 35.5. The van der Waals surface area contributed by atoms with Crippen LogP contribution < -0.4 is 5.32 Å². The first kappa shape index (κ1) is 23.0. The van der Waals surface area contributed by atoms with E-state index >= 15 is 0 Å². The molecule has 2 amide bonds. The van der Waals surface area contributed by atoms with Gasteiger partial charge in [-0.05, 0) is 51.3 Å². The van der Waals surface area contributed by atoms with Crippen LogP contribution in [0.25, 0.3) is 0 Å². The number of carbonyl (C=O) groups excluding carboxylic acids is 2. The van der Waals surface area contributed by atoms with Crippen LogP contribution in [-0.4, -0.2) is 28.3 Å². The number of halogens is 1. The maximum Gasteiger partial charge on any atom is 0.243 e. The molecule has 0 aliphatic heterocycles. The van der Waals surface area contributed by atoms with Crippen molar-refractivity contribution < 1.29 is 9.59 Å². The maximum absolute atomic E-state index is 13.3. The quantitative estimate of drug-likeness (QED) is 0.699. The van der Waals surface area contributed by atoms with Crippen LogP contribution in [0.1, 0.15) is 50.8 Å². The largest absolute Gasteiger partial charge is 0.350 e. The summed E-state index contributed by atoms with van der Waals surface area (Å²) in [6.45, 7) is 10.1. The zero-order valence-corrected chi connectivity index (χ0v) is 18.7. The average molecular weight is 415 g/mol. The summed E-state index contributed by atoms with van der Waals surface area (Å²) in [6, 6.07) is 14.8. The predicted molar refractivity (Wildman–Crippen MR) is 119 cm³/mol. The molecule has 0 bridgehead atoms. The molecule has 0 heterocycles. The lowest BCUT2D eigenvalue weighted by Crippen LogP contribution is -2.53. The minimum atomic E-state index is -0.551. The molecule has 156 valence electrons. The van der Waals surface area contributed by atoms with Crippen LogP contribution in [0, 0.1) is 6.92 Å². The fourth-order valence-corrected chi connectivity index (χ4v) is 3.49. The number of rotatable bonds is 7. The first-order valence-electron chi connectivity index (χ1n) is 10.0. The van der Waals surface area contributed by atoms with Gasteiger partial charge in [-0.1, -0.05) is 66.6 Å². The highest BCUT2D eigenvalue weighted by molar-refractivity contribution is 6.31. The molecule has 0 radical (unpaired) electrons. The average Bonchev–Trinajstić information content (AvgIpc) is 2.62. The van der Waals surface area contributed by atoms with E-state index in [-0.39, 0.29) is 23.8 Å². The van der Waals surface area contributed by atoms with E-state index in [9.17, 15) is 9.59 Å². The Kier molecular flexibility index (Phi) is 7.86. The molecule has 0 aromatic heterocycles. The molecule has 0 saturated carbocycles. The Morgan fingerprint density at radius 2 is 1.79 bits per heavy atom. The number of aryl methyl sites for hydroxylation is 1. The summed E-state index contributed by atoms with van der Waals surface area (Å²) >= 11 is 6.27. The minimum absolute atomic E-state index is 0.115. The second kappa shape index (κ2) is 9.93. The second-order valence-electron chi connectivity index (χ2n) is 8.44. The molecule has 0 aliphatic carbocycles. The van der Waals surface area contributed by atoms with Crippen LogP contribution in [0.4, 0.5) is 0 Å². The summed E-state index contributed by atoms with van der Waals surface area (Å²) in [5, 5.41) is 3.58. The van der Waals surface area contributed by atoms with Gasteiger partial charge in [-0.15, -0.1) is 0 Å². The fourth-order valence-electron chi connectivity index (χ4n) is 3.29. The summed E-state index contributed by atoms with van der Waals surface area (Å²) in [5.41, 5.74) is 2.51. The molecule has 1 atom stereocenters. The molecule has 29 heavy (non-hydrogen) atoms. The van der Waals surface area contributed by atoms with Gasteiger partial charge in [0.05, 0.1) is 6.42 Å². The van der Waals surface area contributed by atoms with E-state index in [0.29, 0.717) is 18.0 Å². The molecule has 0 aliphatic rings. The van der Waals surface area contributed by atoms with Crippen LogP contribution in [0.2, 0.25) is 5.02 Å². The van der Waals surface area contributed by atoms with Crippen molar-refractivity contribution in [3.8, 4) is 0 Å². The van der Waals surface area contributed by atoms with E-state index in [2.05, 4.69) is 5.32 Å². The lowest BCUT2D eigenvalue weighted by molar-refractivity contribution is -0.141. The summed E-state index contributed by atoms with van der Waals surface area (Å²) in [7, 11) is 0. The van der Waals surface area contributed by atoms with E-state index in [1.807, 2.05) is 77.1 Å². The number of hydrogen-bond donors (Lipinski definition) is 1. The van der Waals surface area contributed by atoms with Gasteiger partial charge in [0.1, 0.15) is 6.04 Å². The molecule has 0 unspecified atom stereocenters. The topological polar surface area (TPSA) is 49.4 Å². The smallest absolute Gasteiger partial charge is 0.243 e. The molecule has 5 heteroatoms. The van der Waals surface area contributed by atoms with Gasteiger partial charge < -0.3 is 10.2 Å².